The zero-order valence-electron chi connectivity index (χ0n) is 17.1. The van der Waals surface area contributed by atoms with E-state index in [1.54, 1.807) is 42.6 Å². The van der Waals surface area contributed by atoms with Crippen LogP contribution in [0.3, 0.4) is 0 Å². The van der Waals surface area contributed by atoms with Crippen molar-refractivity contribution in [3.8, 4) is 10.6 Å². The Labute approximate surface area is 190 Å². The number of hydrogen-bond acceptors (Lipinski definition) is 7. The van der Waals surface area contributed by atoms with E-state index in [0.29, 0.717) is 43.1 Å². The maximum atomic E-state index is 12.8. The van der Waals surface area contributed by atoms with Crippen LogP contribution in [-0.2, 0) is 18.4 Å². The third-order valence-corrected chi connectivity index (χ3v) is 6.50. The van der Waals surface area contributed by atoms with Crippen LogP contribution in [0.5, 0.6) is 0 Å². The van der Waals surface area contributed by atoms with E-state index in [4.69, 9.17) is 16.3 Å². The van der Waals surface area contributed by atoms with Crippen LogP contribution in [0.15, 0.2) is 53.3 Å². The summed E-state index contributed by atoms with van der Waals surface area (Å²) in [6.07, 6.45) is 0. The summed E-state index contributed by atoms with van der Waals surface area (Å²) in [4.78, 5) is 30.3. The van der Waals surface area contributed by atoms with Crippen molar-refractivity contribution >= 4 is 45.6 Å². The van der Waals surface area contributed by atoms with Gasteiger partial charge in [0.15, 0.2) is 12.4 Å². The summed E-state index contributed by atoms with van der Waals surface area (Å²) >= 11 is 7.31. The first-order valence-electron chi connectivity index (χ1n) is 9.66. The summed E-state index contributed by atoms with van der Waals surface area (Å²) in [5, 5.41) is 10.1. The fourth-order valence-electron chi connectivity index (χ4n) is 3.51. The Balaban J connectivity index is 1.46. The maximum absolute atomic E-state index is 12.8. The van der Waals surface area contributed by atoms with Crippen LogP contribution in [0.2, 0.25) is 5.02 Å². The lowest BCUT2D eigenvalue weighted by molar-refractivity contribution is 0.0466. The lowest BCUT2D eigenvalue weighted by Gasteiger charge is -2.08. The number of rotatable bonds is 4. The number of ether oxygens (including phenoxy) is 1. The highest BCUT2D eigenvalue weighted by atomic mass is 35.5. The number of carbonyl (C=O) groups is 1. The molecule has 3 heterocycles. The van der Waals surface area contributed by atoms with Gasteiger partial charge in [0.25, 0.3) is 5.56 Å². The van der Waals surface area contributed by atoms with E-state index in [1.165, 1.54) is 15.9 Å². The second-order valence-electron chi connectivity index (χ2n) is 7.15. The van der Waals surface area contributed by atoms with E-state index in [-0.39, 0.29) is 12.2 Å². The molecule has 0 aliphatic heterocycles. The van der Waals surface area contributed by atoms with Gasteiger partial charge in [0.2, 0.25) is 5.78 Å². The van der Waals surface area contributed by atoms with Crippen LogP contribution < -0.4 is 5.56 Å². The van der Waals surface area contributed by atoms with E-state index in [9.17, 15) is 9.59 Å². The number of thiazole rings is 1. The molecule has 0 atom stereocenters. The molecule has 8 nitrogen and oxygen atoms in total. The zero-order valence-corrected chi connectivity index (χ0v) is 18.6. The second kappa shape index (κ2) is 7.85. The molecule has 0 radical (unpaired) electrons. The molecule has 0 saturated heterocycles. The highest BCUT2D eigenvalue weighted by molar-refractivity contribution is 7.17. The number of benzene rings is 2. The van der Waals surface area contributed by atoms with Crippen LogP contribution in [0, 0.1) is 6.92 Å². The predicted octanol–water partition coefficient (Wildman–Crippen LogP) is 4.02. The SMILES string of the molecule is Cc1nc(-c2cccc(Cl)c2)sc1C(=O)OCc1nnc2n(C)c(=O)c3ccccc3n12. The van der Waals surface area contributed by atoms with Crippen molar-refractivity contribution in [3.05, 3.63) is 80.3 Å². The number of para-hydroxylation sites is 1. The molecular weight excluding hydrogens is 450 g/mol. The van der Waals surface area contributed by atoms with Gasteiger partial charge in [-0.1, -0.05) is 35.9 Å². The number of halogens is 1. The lowest BCUT2D eigenvalue weighted by Crippen LogP contribution is -2.20. The van der Waals surface area contributed by atoms with Gasteiger partial charge in [-0.3, -0.25) is 13.8 Å². The molecule has 0 fully saturated rings. The highest BCUT2D eigenvalue weighted by Gasteiger charge is 2.20. The Morgan fingerprint density at radius 3 is 2.78 bits per heavy atom. The summed E-state index contributed by atoms with van der Waals surface area (Å²) < 4.78 is 8.69. The van der Waals surface area contributed by atoms with Gasteiger partial charge in [-0.05, 0) is 31.2 Å². The van der Waals surface area contributed by atoms with Crippen molar-refractivity contribution in [1.29, 1.82) is 0 Å². The Morgan fingerprint density at radius 1 is 1.16 bits per heavy atom. The molecule has 5 rings (SSSR count). The number of hydrogen-bond donors (Lipinski definition) is 0. The summed E-state index contributed by atoms with van der Waals surface area (Å²) in [5.41, 5.74) is 1.89. The van der Waals surface area contributed by atoms with E-state index < -0.39 is 5.97 Å². The molecule has 0 bridgehead atoms. The van der Waals surface area contributed by atoms with Crippen molar-refractivity contribution in [3.63, 3.8) is 0 Å². The topological polar surface area (TPSA) is 91.4 Å². The smallest absolute Gasteiger partial charge is 0.350 e. The van der Waals surface area contributed by atoms with Crippen LogP contribution in [0.4, 0.5) is 0 Å². The highest BCUT2D eigenvalue weighted by Crippen LogP contribution is 2.30. The first kappa shape index (κ1) is 20.3. The summed E-state index contributed by atoms with van der Waals surface area (Å²) in [7, 11) is 1.63. The van der Waals surface area contributed by atoms with Crippen LogP contribution in [-0.4, -0.2) is 30.1 Å². The van der Waals surface area contributed by atoms with Gasteiger partial charge in [-0.2, -0.15) is 0 Å². The molecule has 10 heteroatoms. The molecule has 0 N–H and O–H groups in total. The van der Waals surface area contributed by atoms with Crippen molar-refractivity contribution in [1.82, 2.24) is 24.1 Å². The Morgan fingerprint density at radius 2 is 1.97 bits per heavy atom. The summed E-state index contributed by atoms with van der Waals surface area (Å²) in [6.45, 7) is 1.66. The standard InChI is InChI=1S/C22H16ClN5O3S/c1-12-18(32-19(24-12)13-6-5-7-14(23)10-13)21(30)31-11-17-25-26-22-27(2)20(29)15-8-3-4-9-16(15)28(17)22/h3-10H,11H2,1-2H3. The average molecular weight is 466 g/mol. The largest absolute Gasteiger partial charge is 0.453 e. The molecule has 0 aliphatic rings. The van der Waals surface area contributed by atoms with Gasteiger partial charge in [-0.25, -0.2) is 9.78 Å². The minimum atomic E-state index is -0.501. The average Bonchev–Trinajstić information content (AvgIpc) is 3.40. The second-order valence-corrected chi connectivity index (χ2v) is 8.59. The molecule has 160 valence electrons. The minimum absolute atomic E-state index is 0.105. The number of carbonyl (C=O) groups excluding carboxylic acids is 1. The monoisotopic (exact) mass is 465 g/mol. The Bertz CT molecular complexity index is 1570. The maximum Gasteiger partial charge on any atom is 0.350 e. The van der Waals surface area contributed by atoms with Crippen LogP contribution in [0.25, 0.3) is 27.3 Å². The molecule has 3 aromatic heterocycles. The van der Waals surface area contributed by atoms with E-state index in [1.807, 2.05) is 24.3 Å². The normalized spacial score (nSPS) is 11.3. The minimum Gasteiger partial charge on any atom is -0.453 e. The predicted molar refractivity (Wildman–Crippen MR) is 122 cm³/mol. The number of fused-ring (bicyclic) bond motifs is 3. The number of esters is 1. The van der Waals surface area contributed by atoms with Crippen molar-refractivity contribution in [2.45, 2.75) is 13.5 Å². The first-order valence-corrected chi connectivity index (χ1v) is 10.9. The molecule has 5 aromatic rings. The van der Waals surface area contributed by atoms with Crippen LogP contribution >= 0.6 is 22.9 Å². The van der Waals surface area contributed by atoms with Crippen molar-refractivity contribution in [2.75, 3.05) is 0 Å². The van der Waals surface area contributed by atoms with E-state index in [2.05, 4.69) is 15.2 Å². The fourth-order valence-corrected chi connectivity index (χ4v) is 4.66. The van der Waals surface area contributed by atoms with Gasteiger partial charge >= 0.3 is 5.97 Å². The van der Waals surface area contributed by atoms with Crippen molar-refractivity contribution in [2.24, 2.45) is 7.05 Å². The van der Waals surface area contributed by atoms with Gasteiger partial charge < -0.3 is 4.74 Å². The third-order valence-electron chi connectivity index (χ3n) is 5.08. The third kappa shape index (κ3) is 3.35. The summed E-state index contributed by atoms with van der Waals surface area (Å²) in [6, 6.07) is 14.5. The fraction of sp³-hybridized carbons (Fsp3) is 0.136. The molecule has 0 spiro atoms. The van der Waals surface area contributed by atoms with Gasteiger partial charge in [0.1, 0.15) is 9.88 Å². The van der Waals surface area contributed by atoms with E-state index >= 15 is 0 Å². The quantitative estimate of drug-likeness (QED) is 0.372. The first-order chi connectivity index (χ1) is 15.4. The Kier molecular flexibility index (Phi) is 4.99. The van der Waals surface area contributed by atoms with Crippen molar-refractivity contribution < 1.29 is 9.53 Å². The number of nitrogens with zero attached hydrogens (tertiary/aromatic N) is 5. The summed E-state index contributed by atoms with van der Waals surface area (Å²) in [5.74, 6) is 0.286. The Hall–Kier alpha value is -3.56. The van der Waals surface area contributed by atoms with Gasteiger partial charge in [0.05, 0.1) is 16.6 Å². The molecule has 0 unspecified atom stereocenters. The molecule has 0 saturated carbocycles. The number of aryl methyl sites for hydroxylation is 2. The zero-order chi connectivity index (χ0) is 22.4. The molecular formula is C22H16ClN5O3S. The number of aromatic nitrogens is 5. The lowest BCUT2D eigenvalue weighted by atomic mass is 10.2. The van der Waals surface area contributed by atoms with Crippen LogP contribution in [0.1, 0.15) is 21.2 Å². The molecule has 0 aliphatic carbocycles. The molecule has 32 heavy (non-hydrogen) atoms. The molecule has 0 amide bonds. The van der Waals surface area contributed by atoms with Gasteiger partial charge in [0, 0.05) is 17.6 Å². The van der Waals surface area contributed by atoms with Gasteiger partial charge in [-0.15, -0.1) is 21.5 Å². The van der Waals surface area contributed by atoms with E-state index in [0.717, 1.165) is 5.56 Å². The molecule has 2 aromatic carbocycles.